The Labute approximate surface area is 116 Å². The highest BCUT2D eigenvalue weighted by Crippen LogP contribution is 2.24. The van der Waals surface area contributed by atoms with Gasteiger partial charge >= 0.3 is 5.97 Å². The van der Waals surface area contributed by atoms with Gasteiger partial charge in [-0.3, -0.25) is 9.59 Å². The van der Waals surface area contributed by atoms with Crippen LogP contribution >= 0.6 is 0 Å². The normalized spacial score (nSPS) is 22.6. The Kier molecular flexibility index (Phi) is 3.94. The van der Waals surface area contributed by atoms with Gasteiger partial charge in [0, 0.05) is 24.2 Å². The van der Waals surface area contributed by atoms with Gasteiger partial charge in [0.05, 0.1) is 12.0 Å². The summed E-state index contributed by atoms with van der Waals surface area (Å²) >= 11 is 0. The lowest BCUT2D eigenvalue weighted by molar-refractivity contribution is -0.148. The second-order valence-electron chi connectivity index (χ2n) is 5.00. The number of carboxylic acid groups (broad SMARTS) is 1. The van der Waals surface area contributed by atoms with E-state index in [0.29, 0.717) is 11.1 Å². The van der Waals surface area contributed by atoms with Crippen molar-refractivity contribution in [3.63, 3.8) is 0 Å². The van der Waals surface area contributed by atoms with Crippen molar-refractivity contribution in [1.29, 1.82) is 0 Å². The third-order valence-corrected chi connectivity index (χ3v) is 3.72. The number of aliphatic carboxylic acids is 1. The van der Waals surface area contributed by atoms with E-state index in [-0.39, 0.29) is 31.2 Å². The molecule has 1 heterocycles. The van der Waals surface area contributed by atoms with Gasteiger partial charge in [0.1, 0.15) is 5.75 Å². The first-order valence-corrected chi connectivity index (χ1v) is 6.40. The molecule has 2 rings (SSSR count). The standard InChI is InChI=1S/C14H17NO5/c1-8-9(3-2-4-11(8)16)13(18)15-6-5-10(14(19)20)12(17)7-15/h2-4,10,12,16-17H,5-7H2,1H3,(H,19,20)/t10-,12+/m0/s1. The number of phenols is 1. The van der Waals surface area contributed by atoms with E-state index in [9.17, 15) is 19.8 Å². The maximum atomic E-state index is 12.4. The fourth-order valence-electron chi connectivity index (χ4n) is 2.43. The molecule has 0 bridgehead atoms. The predicted octanol–water partition coefficient (Wildman–Crippen LogP) is 0.608. The average Bonchev–Trinajstić information content (AvgIpc) is 2.40. The maximum absolute atomic E-state index is 12.4. The zero-order valence-electron chi connectivity index (χ0n) is 11.1. The van der Waals surface area contributed by atoms with Crippen LogP contribution in [-0.2, 0) is 4.79 Å². The summed E-state index contributed by atoms with van der Waals surface area (Å²) in [6.07, 6.45) is -0.845. The van der Waals surface area contributed by atoms with Gasteiger partial charge in [-0.25, -0.2) is 0 Å². The first kappa shape index (κ1) is 14.3. The Morgan fingerprint density at radius 2 is 2.05 bits per heavy atom. The monoisotopic (exact) mass is 279 g/mol. The highest BCUT2D eigenvalue weighted by atomic mass is 16.4. The molecule has 6 nitrogen and oxygen atoms in total. The molecule has 1 fully saturated rings. The number of aliphatic hydroxyl groups excluding tert-OH is 1. The number of aliphatic hydroxyl groups is 1. The number of aromatic hydroxyl groups is 1. The zero-order valence-corrected chi connectivity index (χ0v) is 11.1. The Bertz CT molecular complexity index is 542. The van der Waals surface area contributed by atoms with Crippen LogP contribution in [0.3, 0.4) is 0 Å². The molecule has 0 spiro atoms. The molecule has 1 aliphatic rings. The average molecular weight is 279 g/mol. The summed E-state index contributed by atoms with van der Waals surface area (Å²) in [6.45, 7) is 1.91. The van der Waals surface area contributed by atoms with E-state index < -0.39 is 18.0 Å². The number of hydrogen-bond donors (Lipinski definition) is 3. The van der Waals surface area contributed by atoms with Crippen LogP contribution in [0.25, 0.3) is 0 Å². The van der Waals surface area contributed by atoms with Crippen LogP contribution in [0.15, 0.2) is 18.2 Å². The first-order chi connectivity index (χ1) is 9.41. The number of piperidine rings is 1. The maximum Gasteiger partial charge on any atom is 0.309 e. The Balaban J connectivity index is 2.15. The van der Waals surface area contributed by atoms with E-state index in [1.54, 1.807) is 19.1 Å². The van der Waals surface area contributed by atoms with Gasteiger partial charge in [0.2, 0.25) is 0 Å². The molecule has 0 aliphatic carbocycles. The SMILES string of the molecule is Cc1c(O)cccc1C(=O)N1CC[C@H](C(=O)O)[C@H](O)C1. The molecule has 6 heteroatoms. The van der Waals surface area contributed by atoms with Crippen LogP contribution in [0, 0.1) is 12.8 Å². The third kappa shape index (κ3) is 2.60. The van der Waals surface area contributed by atoms with Crippen LogP contribution in [0.4, 0.5) is 0 Å². The van der Waals surface area contributed by atoms with Crippen LogP contribution < -0.4 is 0 Å². The smallest absolute Gasteiger partial charge is 0.309 e. The molecule has 1 amide bonds. The summed E-state index contributed by atoms with van der Waals surface area (Å²) in [6, 6.07) is 4.68. The molecule has 3 N–H and O–H groups in total. The van der Waals surface area contributed by atoms with Gasteiger partial charge in [-0.1, -0.05) is 6.07 Å². The van der Waals surface area contributed by atoms with Gasteiger partial charge in [-0.2, -0.15) is 0 Å². The van der Waals surface area contributed by atoms with E-state index in [1.165, 1.54) is 11.0 Å². The predicted molar refractivity (Wildman–Crippen MR) is 70.5 cm³/mol. The minimum absolute atomic E-state index is 0.00903. The zero-order chi connectivity index (χ0) is 14.9. The number of amides is 1. The minimum atomic E-state index is -1.07. The largest absolute Gasteiger partial charge is 0.508 e. The summed E-state index contributed by atoms with van der Waals surface area (Å²) in [7, 11) is 0. The molecular weight excluding hydrogens is 262 g/mol. The first-order valence-electron chi connectivity index (χ1n) is 6.40. The Morgan fingerprint density at radius 3 is 2.65 bits per heavy atom. The van der Waals surface area contributed by atoms with Crippen LogP contribution in [0.2, 0.25) is 0 Å². The lowest BCUT2D eigenvalue weighted by Crippen LogP contribution is -2.48. The van der Waals surface area contributed by atoms with Gasteiger partial charge in [-0.05, 0) is 25.5 Å². The van der Waals surface area contributed by atoms with Crippen molar-refractivity contribution in [1.82, 2.24) is 4.90 Å². The molecule has 1 aromatic carbocycles. The summed E-state index contributed by atoms with van der Waals surface area (Å²) in [4.78, 5) is 24.7. The number of benzene rings is 1. The number of carbonyl (C=O) groups is 2. The summed E-state index contributed by atoms with van der Waals surface area (Å²) in [5, 5.41) is 28.4. The highest BCUT2D eigenvalue weighted by Gasteiger charge is 2.35. The Hall–Kier alpha value is -2.08. The molecule has 2 atom stereocenters. The fourth-order valence-corrected chi connectivity index (χ4v) is 2.43. The van der Waals surface area contributed by atoms with E-state index in [2.05, 4.69) is 0 Å². The second kappa shape index (κ2) is 5.50. The summed E-state index contributed by atoms with van der Waals surface area (Å²) < 4.78 is 0. The van der Waals surface area contributed by atoms with E-state index in [0.717, 1.165) is 0 Å². The highest BCUT2D eigenvalue weighted by molar-refractivity contribution is 5.96. The fraction of sp³-hybridized carbons (Fsp3) is 0.429. The minimum Gasteiger partial charge on any atom is -0.508 e. The number of hydrogen-bond acceptors (Lipinski definition) is 4. The number of likely N-dealkylation sites (tertiary alicyclic amines) is 1. The molecule has 0 radical (unpaired) electrons. The van der Waals surface area contributed by atoms with Crippen molar-refractivity contribution in [3.8, 4) is 5.75 Å². The lowest BCUT2D eigenvalue weighted by Gasteiger charge is -2.34. The molecule has 0 saturated carbocycles. The van der Waals surface area contributed by atoms with Gasteiger partial charge in [-0.15, -0.1) is 0 Å². The van der Waals surface area contributed by atoms with Crippen molar-refractivity contribution in [2.75, 3.05) is 13.1 Å². The lowest BCUT2D eigenvalue weighted by atomic mass is 9.93. The van der Waals surface area contributed by atoms with Crippen molar-refractivity contribution < 1.29 is 24.9 Å². The molecule has 1 saturated heterocycles. The van der Waals surface area contributed by atoms with E-state index >= 15 is 0 Å². The molecule has 0 aromatic heterocycles. The number of nitrogens with zero attached hydrogens (tertiary/aromatic N) is 1. The molecule has 1 aromatic rings. The topological polar surface area (TPSA) is 98.1 Å². The second-order valence-corrected chi connectivity index (χ2v) is 5.00. The van der Waals surface area contributed by atoms with Gasteiger partial charge in [0.25, 0.3) is 5.91 Å². The van der Waals surface area contributed by atoms with Crippen molar-refractivity contribution >= 4 is 11.9 Å². The van der Waals surface area contributed by atoms with E-state index in [4.69, 9.17) is 5.11 Å². The number of rotatable bonds is 2. The molecule has 0 unspecified atom stereocenters. The quantitative estimate of drug-likeness (QED) is 0.736. The molecular formula is C14H17NO5. The van der Waals surface area contributed by atoms with Crippen molar-refractivity contribution in [3.05, 3.63) is 29.3 Å². The number of carbonyl (C=O) groups excluding carboxylic acids is 1. The van der Waals surface area contributed by atoms with Crippen LogP contribution in [0.5, 0.6) is 5.75 Å². The summed E-state index contributed by atoms with van der Waals surface area (Å²) in [5.41, 5.74) is 0.846. The third-order valence-electron chi connectivity index (χ3n) is 3.72. The number of β-amino-alcohol motifs (C(OH)–C–C–N with tert-alkyl or cyclic N) is 1. The Morgan fingerprint density at radius 1 is 1.35 bits per heavy atom. The molecule has 108 valence electrons. The van der Waals surface area contributed by atoms with E-state index in [1.807, 2.05) is 0 Å². The number of carboxylic acids is 1. The molecule has 1 aliphatic heterocycles. The van der Waals surface area contributed by atoms with Crippen LogP contribution in [0.1, 0.15) is 22.3 Å². The van der Waals surface area contributed by atoms with Crippen LogP contribution in [-0.4, -0.2) is 51.3 Å². The van der Waals surface area contributed by atoms with Crippen molar-refractivity contribution in [2.45, 2.75) is 19.4 Å². The number of phenolic OH excluding ortho intramolecular Hbond substituents is 1. The van der Waals surface area contributed by atoms with Crippen molar-refractivity contribution in [2.24, 2.45) is 5.92 Å². The summed E-state index contributed by atoms with van der Waals surface area (Å²) in [5.74, 6) is -2.14. The van der Waals surface area contributed by atoms with Gasteiger partial charge in [0.15, 0.2) is 0 Å². The van der Waals surface area contributed by atoms with Gasteiger partial charge < -0.3 is 20.2 Å². The molecule has 20 heavy (non-hydrogen) atoms.